The van der Waals surface area contributed by atoms with Crippen molar-refractivity contribution in [3.05, 3.63) is 22.3 Å². The van der Waals surface area contributed by atoms with Crippen LogP contribution in [-0.2, 0) is 0 Å². The molecule has 0 aliphatic carbocycles. The Balaban J connectivity index is 2.77. The Bertz CT molecular complexity index is 291. The first kappa shape index (κ1) is 10.8. The van der Waals surface area contributed by atoms with E-state index in [2.05, 4.69) is 26.2 Å². The van der Waals surface area contributed by atoms with E-state index in [1.807, 2.05) is 26.1 Å². The van der Waals surface area contributed by atoms with Gasteiger partial charge in [-0.1, -0.05) is 0 Å². The van der Waals surface area contributed by atoms with Crippen molar-refractivity contribution < 1.29 is 0 Å². The van der Waals surface area contributed by atoms with E-state index in [4.69, 9.17) is 11.6 Å². The first-order chi connectivity index (χ1) is 6.13. The summed E-state index contributed by atoms with van der Waals surface area (Å²) in [4.78, 5) is 4.25. The number of anilines is 1. The molecule has 72 valence electrons. The zero-order valence-electron chi connectivity index (χ0n) is 7.64. The average molecular weight is 264 g/mol. The molecule has 4 heteroatoms. The third-order valence-electron chi connectivity index (χ3n) is 1.59. The molecule has 1 aromatic rings. The first-order valence-electron chi connectivity index (χ1n) is 4.08. The number of hydrogen-bond donors (Lipinski definition) is 1. The molecule has 1 atom stereocenters. The standard InChI is InChI=1S/C9H12BrClN2/c1-6-3-8(10)9(12-5-6)13-7(2)4-11/h3,5,7H,4H2,1-2H3,(H,12,13). The molecule has 0 spiro atoms. The van der Waals surface area contributed by atoms with Gasteiger partial charge >= 0.3 is 0 Å². The molecule has 1 heterocycles. The Morgan fingerprint density at radius 2 is 2.38 bits per heavy atom. The fraction of sp³-hybridized carbons (Fsp3) is 0.444. The summed E-state index contributed by atoms with van der Waals surface area (Å²) in [6.45, 7) is 4.02. The van der Waals surface area contributed by atoms with Gasteiger partial charge in [-0.25, -0.2) is 4.98 Å². The molecule has 0 aliphatic heterocycles. The van der Waals surface area contributed by atoms with Crippen molar-refractivity contribution in [2.45, 2.75) is 19.9 Å². The maximum Gasteiger partial charge on any atom is 0.140 e. The van der Waals surface area contributed by atoms with Crippen LogP contribution in [0.3, 0.4) is 0 Å². The summed E-state index contributed by atoms with van der Waals surface area (Å²) in [5, 5.41) is 3.20. The lowest BCUT2D eigenvalue weighted by Crippen LogP contribution is -2.17. The van der Waals surface area contributed by atoms with Crippen LogP contribution in [-0.4, -0.2) is 16.9 Å². The number of alkyl halides is 1. The molecule has 1 aromatic heterocycles. The average Bonchev–Trinajstić information content (AvgIpc) is 2.09. The highest BCUT2D eigenvalue weighted by Gasteiger charge is 2.04. The highest BCUT2D eigenvalue weighted by Crippen LogP contribution is 2.21. The zero-order valence-corrected chi connectivity index (χ0v) is 9.98. The molecule has 0 fully saturated rings. The minimum absolute atomic E-state index is 0.230. The van der Waals surface area contributed by atoms with Gasteiger partial charge in [0, 0.05) is 18.1 Å². The number of hydrogen-bond acceptors (Lipinski definition) is 2. The topological polar surface area (TPSA) is 24.9 Å². The van der Waals surface area contributed by atoms with E-state index < -0.39 is 0 Å². The van der Waals surface area contributed by atoms with Crippen LogP contribution >= 0.6 is 27.5 Å². The van der Waals surface area contributed by atoms with E-state index in [0.29, 0.717) is 5.88 Å². The van der Waals surface area contributed by atoms with Gasteiger partial charge in [0.05, 0.1) is 4.47 Å². The second-order valence-electron chi connectivity index (χ2n) is 3.04. The van der Waals surface area contributed by atoms with E-state index in [1.165, 1.54) is 0 Å². The molecule has 0 bridgehead atoms. The number of nitrogens with one attached hydrogen (secondary N) is 1. The van der Waals surface area contributed by atoms with Gasteiger partial charge in [0.25, 0.3) is 0 Å². The van der Waals surface area contributed by atoms with E-state index in [0.717, 1.165) is 15.9 Å². The van der Waals surface area contributed by atoms with Crippen LogP contribution in [0, 0.1) is 6.92 Å². The lowest BCUT2D eigenvalue weighted by Gasteiger charge is -2.12. The quantitative estimate of drug-likeness (QED) is 0.847. The summed E-state index contributed by atoms with van der Waals surface area (Å²) in [7, 11) is 0. The zero-order chi connectivity index (χ0) is 9.84. The highest BCUT2D eigenvalue weighted by atomic mass is 79.9. The van der Waals surface area contributed by atoms with Gasteiger partial charge in [-0.05, 0) is 41.4 Å². The molecule has 0 radical (unpaired) electrons. The minimum Gasteiger partial charge on any atom is -0.365 e. The molecular weight excluding hydrogens is 251 g/mol. The number of halogens is 2. The number of aromatic nitrogens is 1. The fourth-order valence-electron chi connectivity index (χ4n) is 0.912. The number of nitrogens with zero attached hydrogens (tertiary/aromatic N) is 1. The highest BCUT2D eigenvalue weighted by molar-refractivity contribution is 9.10. The lowest BCUT2D eigenvalue weighted by molar-refractivity contribution is 0.894. The molecule has 0 saturated carbocycles. The van der Waals surface area contributed by atoms with Crippen LogP contribution in [0.5, 0.6) is 0 Å². The number of aryl methyl sites for hydroxylation is 1. The summed E-state index contributed by atoms with van der Waals surface area (Å²) < 4.78 is 0.976. The molecule has 1 rings (SSSR count). The van der Waals surface area contributed by atoms with Crippen molar-refractivity contribution in [2.24, 2.45) is 0 Å². The van der Waals surface area contributed by atoms with Crippen molar-refractivity contribution in [3.8, 4) is 0 Å². The second kappa shape index (κ2) is 4.82. The predicted molar refractivity (Wildman–Crippen MR) is 60.5 cm³/mol. The molecule has 0 saturated heterocycles. The Kier molecular flexibility index (Phi) is 4.00. The molecular formula is C9H12BrClN2. The molecule has 0 amide bonds. The first-order valence-corrected chi connectivity index (χ1v) is 5.41. The van der Waals surface area contributed by atoms with Gasteiger partial charge in [-0.3, -0.25) is 0 Å². The summed E-state index contributed by atoms with van der Waals surface area (Å²) in [6.07, 6.45) is 1.83. The largest absolute Gasteiger partial charge is 0.365 e. The third kappa shape index (κ3) is 3.16. The Labute approximate surface area is 91.8 Å². The molecule has 1 unspecified atom stereocenters. The Morgan fingerprint density at radius 3 is 2.92 bits per heavy atom. The lowest BCUT2D eigenvalue weighted by atomic mass is 10.3. The number of pyridine rings is 1. The minimum atomic E-state index is 0.230. The van der Waals surface area contributed by atoms with Gasteiger partial charge in [-0.2, -0.15) is 0 Å². The van der Waals surface area contributed by atoms with Crippen molar-refractivity contribution >= 4 is 33.3 Å². The van der Waals surface area contributed by atoms with Gasteiger partial charge in [0.1, 0.15) is 5.82 Å². The fourth-order valence-corrected chi connectivity index (χ4v) is 1.57. The summed E-state index contributed by atoms with van der Waals surface area (Å²) in [5.41, 5.74) is 1.14. The summed E-state index contributed by atoms with van der Waals surface area (Å²) in [6, 6.07) is 2.25. The molecule has 2 nitrogen and oxygen atoms in total. The van der Waals surface area contributed by atoms with Gasteiger partial charge < -0.3 is 5.32 Å². The molecule has 1 N–H and O–H groups in total. The van der Waals surface area contributed by atoms with Crippen molar-refractivity contribution in [1.82, 2.24) is 4.98 Å². The predicted octanol–water partition coefficient (Wildman–Crippen LogP) is 3.19. The van der Waals surface area contributed by atoms with E-state index in [1.54, 1.807) is 0 Å². The van der Waals surface area contributed by atoms with Crippen LogP contribution in [0.4, 0.5) is 5.82 Å². The third-order valence-corrected chi connectivity index (χ3v) is 2.66. The van der Waals surface area contributed by atoms with Crippen LogP contribution in [0.25, 0.3) is 0 Å². The van der Waals surface area contributed by atoms with E-state index >= 15 is 0 Å². The van der Waals surface area contributed by atoms with Crippen LogP contribution < -0.4 is 5.32 Å². The van der Waals surface area contributed by atoms with Crippen molar-refractivity contribution in [3.63, 3.8) is 0 Å². The molecule has 13 heavy (non-hydrogen) atoms. The maximum absolute atomic E-state index is 5.68. The Morgan fingerprint density at radius 1 is 1.69 bits per heavy atom. The SMILES string of the molecule is Cc1cnc(NC(C)CCl)c(Br)c1. The van der Waals surface area contributed by atoms with Crippen molar-refractivity contribution in [1.29, 1.82) is 0 Å². The maximum atomic E-state index is 5.68. The normalized spacial score (nSPS) is 12.6. The van der Waals surface area contributed by atoms with Crippen LogP contribution in [0.15, 0.2) is 16.7 Å². The molecule has 0 aliphatic rings. The summed E-state index contributed by atoms with van der Waals surface area (Å²) in [5.74, 6) is 1.42. The van der Waals surface area contributed by atoms with Gasteiger partial charge in [-0.15, -0.1) is 11.6 Å². The molecule has 0 aromatic carbocycles. The number of rotatable bonds is 3. The van der Waals surface area contributed by atoms with E-state index in [9.17, 15) is 0 Å². The second-order valence-corrected chi connectivity index (χ2v) is 4.21. The van der Waals surface area contributed by atoms with Gasteiger partial charge in [0.15, 0.2) is 0 Å². The Hall–Kier alpha value is -0.280. The summed E-state index contributed by atoms with van der Waals surface area (Å²) >= 11 is 9.12. The van der Waals surface area contributed by atoms with Gasteiger partial charge in [0.2, 0.25) is 0 Å². The monoisotopic (exact) mass is 262 g/mol. The van der Waals surface area contributed by atoms with E-state index in [-0.39, 0.29) is 6.04 Å². The smallest absolute Gasteiger partial charge is 0.140 e. The van der Waals surface area contributed by atoms with Crippen LogP contribution in [0.1, 0.15) is 12.5 Å². The van der Waals surface area contributed by atoms with Crippen LogP contribution in [0.2, 0.25) is 0 Å². The van der Waals surface area contributed by atoms with Crippen molar-refractivity contribution in [2.75, 3.05) is 11.2 Å².